The molecular weight excluding hydrogens is 368 g/mol. The molecule has 4 rings (SSSR count). The van der Waals surface area contributed by atoms with Crippen LogP contribution in [0.4, 0.5) is 0 Å². The maximum Gasteiger partial charge on any atom is 0.293 e. The second kappa shape index (κ2) is 8.62. The van der Waals surface area contributed by atoms with E-state index in [9.17, 15) is 4.79 Å². The van der Waals surface area contributed by atoms with Gasteiger partial charge in [0.1, 0.15) is 6.10 Å². The number of hydrogen-bond acceptors (Lipinski definition) is 2. The molecule has 30 heavy (non-hydrogen) atoms. The third-order valence-electron chi connectivity index (χ3n) is 10.5. The summed E-state index contributed by atoms with van der Waals surface area (Å²) in [6.07, 6.45) is 17.2. The summed E-state index contributed by atoms with van der Waals surface area (Å²) in [6.45, 7) is 13.2. The molecule has 170 valence electrons. The van der Waals surface area contributed by atoms with E-state index in [2.05, 4.69) is 40.7 Å². The van der Waals surface area contributed by atoms with E-state index < -0.39 is 0 Å². The van der Waals surface area contributed by atoms with Gasteiger partial charge in [0.15, 0.2) is 0 Å². The number of ether oxygens (including phenoxy) is 1. The van der Waals surface area contributed by atoms with Crippen LogP contribution in [0.1, 0.15) is 105 Å². The molecule has 0 amide bonds. The van der Waals surface area contributed by atoms with Crippen LogP contribution in [0, 0.1) is 46.3 Å². The smallest absolute Gasteiger partial charge is 0.293 e. The highest BCUT2D eigenvalue weighted by Crippen LogP contribution is 2.67. The molecular formula is C28H46O2. The van der Waals surface area contributed by atoms with Gasteiger partial charge in [0, 0.05) is 6.42 Å². The molecule has 3 saturated carbocycles. The highest BCUT2D eigenvalue weighted by atomic mass is 16.5. The second-order valence-corrected chi connectivity index (χ2v) is 12.4. The summed E-state index contributed by atoms with van der Waals surface area (Å²) in [5, 5.41) is 0. The molecule has 4 aliphatic rings. The standard InChI is InChI=1S/C28H46O2/c1-19(2)7-6-8-20(3)24-11-12-25-23-10-9-21-17-22(30-18-29)13-15-27(21,4)26(23)14-16-28(24,25)5/h9,18-20,22-26H,6-8,10-17H2,1-5H3/t20-,22?,23+,24-,25+,26+,27+,28-/m1/s1. The van der Waals surface area contributed by atoms with E-state index in [0.717, 1.165) is 48.3 Å². The normalized spacial score (nSPS) is 43.9. The van der Waals surface area contributed by atoms with Crippen molar-refractivity contribution in [1.82, 2.24) is 0 Å². The van der Waals surface area contributed by atoms with Crippen LogP contribution in [0.5, 0.6) is 0 Å². The fourth-order valence-corrected chi connectivity index (χ4v) is 8.85. The van der Waals surface area contributed by atoms with Crippen molar-refractivity contribution in [2.45, 2.75) is 111 Å². The van der Waals surface area contributed by atoms with E-state index in [1.807, 2.05) is 0 Å². The zero-order valence-electron chi connectivity index (χ0n) is 20.3. The molecule has 0 aliphatic heterocycles. The van der Waals surface area contributed by atoms with Crippen molar-refractivity contribution >= 4 is 6.47 Å². The molecule has 0 radical (unpaired) electrons. The van der Waals surface area contributed by atoms with Gasteiger partial charge in [0.2, 0.25) is 0 Å². The molecule has 0 heterocycles. The monoisotopic (exact) mass is 414 g/mol. The highest BCUT2D eigenvalue weighted by Gasteiger charge is 2.59. The van der Waals surface area contributed by atoms with Gasteiger partial charge in [0.05, 0.1) is 0 Å². The average Bonchev–Trinajstić information content (AvgIpc) is 3.05. The summed E-state index contributed by atoms with van der Waals surface area (Å²) in [5.41, 5.74) is 2.54. The Kier molecular flexibility index (Phi) is 6.44. The van der Waals surface area contributed by atoms with Gasteiger partial charge < -0.3 is 4.74 Å². The minimum absolute atomic E-state index is 0.120. The van der Waals surface area contributed by atoms with Crippen LogP contribution in [-0.2, 0) is 9.53 Å². The first-order valence-corrected chi connectivity index (χ1v) is 13.1. The average molecular weight is 415 g/mol. The lowest BCUT2D eigenvalue weighted by Crippen LogP contribution is -2.51. The number of carbonyl (C=O) groups excluding carboxylic acids is 1. The summed E-state index contributed by atoms with van der Waals surface area (Å²) in [5.74, 6) is 5.32. The molecule has 0 bridgehead atoms. The van der Waals surface area contributed by atoms with Crippen molar-refractivity contribution < 1.29 is 9.53 Å². The summed E-state index contributed by atoms with van der Waals surface area (Å²) in [6, 6.07) is 0. The molecule has 0 N–H and O–H groups in total. The van der Waals surface area contributed by atoms with E-state index >= 15 is 0 Å². The maximum atomic E-state index is 10.8. The summed E-state index contributed by atoms with van der Waals surface area (Å²) in [4.78, 5) is 10.8. The highest BCUT2D eigenvalue weighted by molar-refractivity contribution is 5.38. The van der Waals surface area contributed by atoms with Crippen LogP contribution in [0.25, 0.3) is 0 Å². The molecule has 0 aromatic heterocycles. The van der Waals surface area contributed by atoms with Crippen molar-refractivity contribution in [2.24, 2.45) is 46.3 Å². The van der Waals surface area contributed by atoms with Crippen molar-refractivity contribution in [3.05, 3.63) is 11.6 Å². The lowest BCUT2D eigenvalue weighted by Gasteiger charge is -2.58. The third-order valence-corrected chi connectivity index (χ3v) is 10.5. The van der Waals surface area contributed by atoms with Gasteiger partial charge in [-0.15, -0.1) is 0 Å². The minimum atomic E-state index is 0.120. The van der Waals surface area contributed by atoms with E-state index in [1.165, 1.54) is 57.8 Å². The second-order valence-electron chi connectivity index (χ2n) is 12.4. The van der Waals surface area contributed by atoms with Gasteiger partial charge in [-0.25, -0.2) is 0 Å². The zero-order valence-corrected chi connectivity index (χ0v) is 20.3. The predicted molar refractivity (Wildman–Crippen MR) is 124 cm³/mol. The summed E-state index contributed by atoms with van der Waals surface area (Å²) in [7, 11) is 0. The Morgan fingerprint density at radius 1 is 1.07 bits per heavy atom. The van der Waals surface area contributed by atoms with Crippen molar-refractivity contribution in [3.8, 4) is 0 Å². The Morgan fingerprint density at radius 3 is 2.60 bits per heavy atom. The largest absolute Gasteiger partial charge is 0.464 e. The van der Waals surface area contributed by atoms with Gasteiger partial charge >= 0.3 is 0 Å². The Morgan fingerprint density at radius 2 is 1.87 bits per heavy atom. The minimum Gasteiger partial charge on any atom is -0.464 e. The van der Waals surface area contributed by atoms with E-state index in [-0.39, 0.29) is 6.10 Å². The van der Waals surface area contributed by atoms with Crippen LogP contribution >= 0.6 is 0 Å². The summed E-state index contributed by atoms with van der Waals surface area (Å²) < 4.78 is 5.36. The predicted octanol–water partition coefficient (Wildman–Crippen LogP) is 7.57. The molecule has 2 heteroatoms. The molecule has 3 fully saturated rings. The van der Waals surface area contributed by atoms with Gasteiger partial charge in [-0.1, -0.05) is 65.5 Å². The first-order chi connectivity index (χ1) is 14.3. The number of fused-ring (bicyclic) bond motifs is 5. The van der Waals surface area contributed by atoms with Gasteiger partial charge in [0.25, 0.3) is 6.47 Å². The molecule has 0 saturated heterocycles. The van der Waals surface area contributed by atoms with Gasteiger partial charge in [-0.05, 0) is 91.3 Å². The lowest BCUT2D eigenvalue weighted by molar-refractivity contribution is -0.136. The van der Waals surface area contributed by atoms with Crippen LogP contribution in [0.15, 0.2) is 11.6 Å². The Hall–Kier alpha value is -0.790. The molecule has 0 spiro atoms. The van der Waals surface area contributed by atoms with Gasteiger partial charge in [-0.2, -0.15) is 0 Å². The fourth-order valence-electron chi connectivity index (χ4n) is 8.85. The Labute approximate surface area is 185 Å². The third kappa shape index (κ3) is 3.79. The molecule has 1 unspecified atom stereocenters. The first-order valence-electron chi connectivity index (χ1n) is 13.1. The quantitative estimate of drug-likeness (QED) is 0.317. The Bertz CT molecular complexity index is 651. The van der Waals surface area contributed by atoms with Crippen molar-refractivity contribution in [2.75, 3.05) is 0 Å². The molecule has 0 aromatic rings. The molecule has 2 nitrogen and oxygen atoms in total. The van der Waals surface area contributed by atoms with E-state index in [0.29, 0.717) is 17.3 Å². The zero-order chi connectivity index (χ0) is 21.5. The maximum absolute atomic E-state index is 10.8. The number of hydrogen-bond donors (Lipinski definition) is 0. The SMILES string of the molecule is CC(C)CCC[C@@H](C)[C@H]1CC[C@H]2[C@@H]3CC=C4CC(OC=O)CC[C@]4(C)[C@H]3CC[C@]12C. The number of allylic oxidation sites excluding steroid dienone is 1. The van der Waals surface area contributed by atoms with Crippen LogP contribution in [-0.4, -0.2) is 12.6 Å². The van der Waals surface area contributed by atoms with E-state index in [1.54, 1.807) is 5.57 Å². The fraction of sp³-hybridized carbons (Fsp3) is 0.893. The van der Waals surface area contributed by atoms with Crippen LogP contribution in [0.3, 0.4) is 0 Å². The molecule has 0 aromatic carbocycles. The molecule has 4 aliphatic carbocycles. The topological polar surface area (TPSA) is 26.3 Å². The summed E-state index contributed by atoms with van der Waals surface area (Å²) >= 11 is 0. The van der Waals surface area contributed by atoms with Crippen LogP contribution in [0.2, 0.25) is 0 Å². The van der Waals surface area contributed by atoms with Crippen molar-refractivity contribution in [3.63, 3.8) is 0 Å². The number of carbonyl (C=O) groups is 1. The van der Waals surface area contributed by atoms with Crippen LogP contribution < -0.4 is 0 Å². The van der Waals surface area contributed by atoms with Gasteiger partial charge in [-0.3, -0.25) is 4.79 Å². The van der Waals surface area contributed by atoms with Crippen molar-refractivity contribution in [1.29, 1.82) is 0 Å². The van der Waals surface area contributed by atoms with E-state index in [4.69, 9.17) is 4.74 Å². The first kappa shape index (κ1) is 22.4. The Balaban J connectivity index is 1.47. The lowest BCUT2D eigenvalue weighted by atomic mass is 9.47. The number of rotatable bonds is 7. The molecule has 8 atom stereocenters.